The number of nitrogens with zero attached hydrogens (tertiary/aromatic N) is 2. The number of para-hydroxylation sites is 2. The zero-order valence-electron chi connectivity index (χ0n) is 21.0. The van der Waals surface area contributed by atoms with Gasteiger partial charge in [-0.2, -0.15) is 26.3 Å². The molecule has 1 amide bonds. The molecule has 206 valence electrons. The summed E-state index contributed by atoms with van der Waals surface area (Å²) in [6.07, 6.45) is -8.13. The molecule has 0 N–H and O–H groups in total. The summed E-state index contributed by atoms with van der Waals surface area (Å²) in [4.78, 5) is 19.9. The van der Waals surface area contributed by atoms with Crippen LogP contribution in [0.15, 0.2) is 97.3 Å². The van der Waals surface area contributed by atoms with Crippen LogP contribution in [0.4, 0.5) is 37.7 Å². The Morgan fingerprint density at radius 3 is 2.08 bits per heavy atom. The summed E-state index contributed by atoms with van der Waals surface area (Å²) in [5.41, 5.74) is -2.39. The highest BCUT2D eigenvalue weighted by Gasteiger charge is 2.54. The average molecular weight is 557 g/mol. The van der Waals surface area contributed by atoms with E-state index in [1.54, 1.807) is 73.7 Å². The highest BCUT2D eigenvalue weighted by molar-refractivity contribution is 6.13. The largest absolute Gasteiger partial charge is 0.416 e. The summed E-state index contributed by atoms with van der Waals surface area (Å²) in [5, 5.41) is 0. The van der Waals surface area contributed by atoms with E-state index < -0.39 is 41.6 Å². The van der Waals surface area contributed by atoms with E-state index in [0.29, 0.717) is 34.6 Å². The second-order valence-corrected chi connectivity index (χ2v) is 9.59. The van der Waals surface area contributed by atoms with E-state index in [1.807, 2.05) is 0 Å². The topological polar surface area (TPSA) is 42.4 Å². The normalized spacial score (nSPS) is 18.1. The van der Waals surface area contributed by atoms with Gasteiger partial charge in [0.25, 0.3) is 0 Å². The number of halogens is 6. The molecule has 0 fully saturated rings. The van der Waals surface area contributed by atoms with Crippen LogP contribution >= 0.6 is 0 Å². The molecule has 40 heavy (non-hydrogen) atoms. The molecule has 1 aromatic heterocycles. The van der Waals surface area contributed by atoms with E-state index >= 15 is 0 Å². The summed E-state index contributed by atoms with van der Waals surface area (Å²) in [6.45, 7) is 1.03. The Kier molecular flexibility index (Phi) is 6.91. The lowest BCUT2D eigenvalue weighted by atomic mass is 9.76. The molecule has 0 aliphatic carbocycles. The molecule has 2 heterocycles. The zero-order chi connectivity index (χ0) is 28.7. The number of hydrogen-bond donors (Lipinski definition) is 0. The smallest absolute Gasteiger partial charge is 0.367 e. The number of hydrogen-bond acceptors (Lipinski definition) is 3. The number of fused-ring (bicyclic) bond motifs is 1. The summed E-state index contributed by atoms with van der Waals surface area (Å²) in [6, 6.07) is 20.5. The lowest BCUT2D eigenvalue weighted by molar-refractivity contribution is -0.143. The molecule has 0 saturated carbocycles. The van der Waals surface area contributed by atoms with E-state index in [4.69, 9.17) is 4.74 Å². The highest BCUT2D eigenvalue weighted by atomic mass is 19.4. The minimum absolute atomic E-state index is 0.0674. The first kappa shape index (κ1) is 27.4. The van der Waals surface area contributed by atoms with Gasteiger partial charge in [0, 0.05) is 23.6 Å². The van der Waals surface area contributed by atoms with Gasteiger partial charge < -0.3 is 4.74 Å². The van der Waals surface area contributed by atoms with Crippen molar-refractivity contribution in [1.29, 1.82) is 0 Å². The third kappa shape index (κ3) is 4.95. The van der Waals surface area contributed by atoms with E-state index in [1.165, 1.54) is 17.3 Å². The second kappa shape index (κ2) is 10.1. The SMILES string of the molecule is C[C@@]1([C@@H](OCc2cc(C(F)(F)F)cc(C(F)(F)F)c2)c2cccnc2)C(=O)N(c2ccccc2)c2ccccc21. The van der Waals surface area contributed by atoms with Crippen molar-refractivity contribution in [3.05, 3.63) is 125 Å². The highest BCUT2D eigenvalue weighted by Crippen LogP contribution is 2.52. The quantitative estimate of drug-likeness (QED) is 0.226. The van der Waals surface area contributed by atoms with Crippen molar-refractivity contribution < 1.29 is 35.9 Å². The third-order valence-electron chi connectivity index (χ3n) is 6.94. The summed E-state index contributed by atoms with van der Waals surface area (Å²) in [7, 11) is 0. The van der Waals surface area contributed by atoms with Gasteiger partial charge in [-0.1, -0.05) is 42.5 Å². The van der Waals surface area contributed by atoms with Crippen LogP contribution in [0.3, 0.4) is 0 Å². The fourth-order valence-corrected chi connectivity index (χ4v) is 5.06. The minimum atomic E-state index is -5.00. The molecule has 0 radical (unpaired) electrons. The van der Waals surface area contributed by atoms with Crippen LogP contribution in [-0.2, 0) is 33.9 Å². The monoisotopic (exact) mass is 556 g/mol. The number of carbonyl (C=O) groups is 1. The molecule has 0 saturated heterocycles. The predicted molar refractivity (Wildman–Crippen MR) is 136 cm³/mol. The first-order valence-electron chi connectivity index (χ1n) is 12.2. The van der Waals surface area contributed by atoms with Gasteiger partial charge in [0.15, 0.2) is 0 Å². The van der Waals surface area contributed by atoms with E-state index in [0.717, 1.165) is 0 Å². The predicted octanol–water partition coefficient (Wildman–Crippen LogP) is 8.01. The lowest BCUT2D eigenvalue weighted by Crippen LogP contribution is -2.42. The molecular formula is C30H22F6N2O2. The molecule has 10 heteroatoms. The van der Waals surface area contributed by atoms with Crippen molar-refractivity contribution in [2.45, 2.75) is 37.4 Å². The maximum absolute atomic E-state index is 14.2. The van der Waals surface area contributed by atoms with Crippen LogP contribution in [0.1, 0.15) is 40.8 Å². The van der Waals surface area contributed by atoms with Crippen molar-refractivity contribution in [2.75, 3.05) is 4.90 Å². The van der Waals surface area contributed by atoms with Gasteiger partial charge in [0.2, 0.25) is 5.91 Å². The molecular weight excluding hydrogens is 534 g/mol. The number of aromatic nitrogens is 1. The van der Waals surface area contributed by atoms with Crippen LogP contribution in [0.25, 0.3) is 0 Å². The van der Waals surface area contributed by atoms with Crippen LogP contribution in [0.5, 0.6) is 0 Å². The Bertz CT molecular complexity index is 1490. The summed E-state index contributed by atoms with van der Waals surface area (Å²) >= 11 is 0. The van der Waals surface area contributed by atoms with Crippen LogP contribution < -0.4 is 4.90 Å². The van der Waals surface area contributed by atoms with Crippen molar-refractivity contribution in [1.82, 2.24) is 4.98 Å². The molecule has 1 aliphatic heterocycles. The van der Waals surface area contributed by atoms with Crippen LogP contribution in [0, 0.1) is 0 Å². The number of alkyl halides is 6. The fraction of sp³-hybridized carbons (Fsp3) is 0.200. The number of carbonyl (C=O) groups excluding carboxylic acids is 1. The minimum Gasteiger partial charge on any atom is -0.367 e. The molecule has 0 unspecified atom stereocenters. The number of rotatable bonds is 6. The van der Waals surface area contributed by atoms with Crippen molar-refractivity contribution >= 4 is 17.3 Å². The van der Waals surface area contributed by atoms with Gasteiger partial charge in [-0.15, -0.1) is 0 Å². The average Bonchev–Trinajstić information content (AvgIpc) is 3.15. The molecule has 0 spiro atoms. The first-order chi connectivity index (χ1) is 18.9. The fourth-order valence-electron chi connectivity index (χ4n) is 5.06. The standard InChI is InChI=1S/C30H22F6N2O2/c1-28(24-11-5-6-12-25(24)38(27(28)39)23-9-3-2-4-10-23)26(20-8-7-13-37-17-20)40-18-19-14-21(29(31,32)33)16-22(15-19)30(34,35)36/h2-17,26H,18H2,1H3/t26-,28+/m0/s1. The molecule has 2 atom stereocenters. The molecule has 5 rings (SSSR count). The maximum Gasteiger partial charge on any atom is 0.416 e. The van der Waals surface area contributed by atoms with Gasteiger partial charge in [0.05, 0.1) is 23.4 Å². The molecule has 1 aliphatic rings. The lowest BCUT2D eigenvalue weighted by Gasteiger charge is -2.34. The third-order valence-corrected chi connectivity index (χ3v) is 6.94. The van der Waals surface area contributed by atoms with Gasteiger partial charge in [-0.25, -0.2) is 0 Å². The van der Waals surface area contributed by atoms with Gasteiger partial charge in [-0.05, 0) is 60.5 Å². The molecule has 4 nitrogen and oxygen atoms in total. The van der Waals surface area contributed by atoms with Gasteiger partial charge in [-0.3, -0.25) is 14.7 Å². The molecule has 0 bridgehead atoms. The maximum atomic E-state index is 14.2. The number of pyridine rings is 1. The number of amides is 1. The van der Waals surface area contributed by atoms with Crippen LogP contribution in [-0.4, -0.2) is 10.9 Å². The Hall–Kier alpha value is -4.18. The van der Waals surface area contributed by atoms with Crippen LogP contribution in [0.2, 0.25) is 0 Å². The Morgan fingerprint density at radius 2 is 1.48 bits per heavy atom. The zero-order valence-corrected chi connectivity index (χ0v) is 21.0. The van der Waals surface area contributed by atoms with Gasteiger partial charge >= 0.3 is 12.4 Å². The Morgan fingerprint density at radius 1 is 0.850 bits per heavy atom. The number of benzene rings is 3. The van der Waals surface area contributed by atoms with E-state index in [9.17, 15) is 31.1 Å². The Labute approximate surface area is 225 Å². The van der Waals surface area contributed by atoms with Crippen molar-refractivity contribution in [3.63, 3.8) is 0 Å². The van der Waals surface area contributed by atoms with Gasteiger partial charge in [0.1, 0.15) is 11.5 Å². The first-order valence-corrected chi connectivity index (χ1v) is 12.2. The Balaban J connectivity index is 1.60. The van der Waals surface area contributed by atoms with Crippen molar-refractivity contribution in [3.8, 4) is 0 Å². The summed E-state index contributed by atoms with van der Waals surface area (Å²) in [5.74, 6) is -0.367. The second-order valence-electron chi connectivity index (χ2n) is 9.59. The van der Waals surface area contributed by atoms with E-state index in [2.05, 4.69) is 4.98 Å². The van der Waals surface area contributed by atoms with Crippen molar-refractivity contribution in [2.24, 2.45) is 0 Å². The molecule has 3 aromatic carbocycles. The summed E-state index contributed by atoms with van der Waals surface area (Å²) < 4.78 is 86.9. The number of ether oxygens (including phenoxy) is 1. The van der Waals surface area contributed by atoms with E-state index in [-0.39, 0.29) is 17.5 Å². The number of anilines is 2. The molecule has 4 aromatic rings.